The third-order valence-corrected chi connectivity index (χ3v) is 5.28. The van der Waals surface area contributed by atoms with Gasteiger partial charge in [-0.05, 0) is 61.4 Å². The van der Waals surface area contributed by atoms with Crippen molar-refractivity contribution in [3.05, 3.63) is 68.9 Å². The molecule has 0 aliphatic rings. The Kier molecular flexibility index (Phi) is 7.46. The molecule has 0 radical (unpaired) electrons. The number of halogens is 1. The lowest BCUT2D eigenvalue weighted by Crippen LogP contribution is -2.23. The Labute approximate surface area is 189 Å². The van der Waals surface area contributed by atoms with Gasteiger partial charge in [-0.1, -0.05) is 15.9 Å². The highest BCUT2D eigenvalue weighted by molar-refractivity contribution is 9.10. The normalized spacial score (nSPS) is 10.6. The van der Waals surface area contributed by atoms with Crippen LogP contribution in [-0.4, -0.2) is 29.9 Å². The largest absolute Gasteiger partial charge is 0.493 e. The molecular formula is C23H24BrN3O4. The van der Waals surface area contributed by atoms with E-state index in [1.807, 2.05) is 37.3 Å². The number of carbonyl (C=O) groups excluding carboxylic acids is 1. The Hall–Kier alpha value is -3.13. The van der Waals surface area contributed by atoms with Gasteiger partial charge in [0.2, 0.25) is 5.91 Å². The number of benzene rings is 2. The highest BCUT2D eigenvalue weighted by atomic mass is 79.9. The molecule has 0 fully saturated rings. The van der Waals surface area contributed by atoms with Gasteiger partial charge in [-0.25, -0.2) is 4.68 Å². The molecule has 1 heterocycles. The fourth-order valence-corrected chi connectivity index (χ4v) is 3.60. The molecule has 1 amide bonds. The van der Waals surface area contributed by atoms with Gasteiger partial charge >= 0.3 is 0 Å². The standard InChI is InChI=1S/C23H24BrN3O4/c1-15-13-17(24)7-8-18(15)25-22(28)5-4-12-27-23(29)11-9-19(26-27)16-6-10-20(30-2)21(14-16)31-3/h6-11,13-14H,4-5,12H2,1-3H3,(H,25,28). The van der Waals surface area contributed by atoms with Crippen molar-refractivity contribution in [1.82, 2.24) is 9.78 Å². The number of nitrogens with one attached hydrogen (secondary N) is 1. The second kappa shape index (κ2) is 10.3. The number of amides is 1. The molecule has 0 saturated heterocycles. The van der Waals surface area contributed by atoms with E-state index >= 15 is 0 Å². The van der Waals surface area contributed by atoms with Crippen LogP contribution in [0, 0.1) is 6.92 Å². The van der Waals surface area contributed by atoms with Crippen LogP contribution in [0.4, 0.5) is 5.69 Å². The van der Waals surface area contributed by atoms with E-state index in [-0.39, 0.29) is 17.9 Å². The fraction of sp³-hybridized carbons (Fsp3) is 0.261. The molecule has 8 heteroatoms. The van der Waals surface area contributed by atoms with E-state index in [4.69, 9.17) is 9.47 Å². The van der Waals surface area contributed by atoms with Gasteiger partial charge < -0.3 is 14.8 Å². The van der Waals surface area contributed by atoms with Crippen LogP contribution < -0.4 is 20.3 Å². The summed E-state index contributed by atoms with van der Waals surface area (Å²) in [5.74, 6) is 1.10. The van der Waals surface area contributed by atoms with Crippen molar-refractivity contribution in [2.75, 3.05) is 19.5 Å². The lowest BCUT2D eigenvalue weighted by atomic mass is 10.1. The van der Waals surface area contributed by atoms with E-state index in [1.165, 1.54) is 10.7 Å². The second-order valence-corrected chi connectivity index (χ2v) is 7.88. The predicted molar refractivity (Wildman–Crippen MR) is 124 cm³/mol. The maximum absolute atomic E-state index is 12.3. The van der Waals surface area contributed by atoms with E-state index in [2.05, 4.69) is 26.3 Å². The molecule has 3 rings (SSSR count). The predicted octanol–water partition coefficient (Wildman–Crippen LogP) is 4.42. The molecule has 1 aromatic heterocycles. The lowest BCUT2D eigenvalue weighted by Gasteiger charge is -2.11. The van der Waals surface area contributed by atoms with Crippen molar-refractivity contribution < 1.29 is 14.3 Å². The third kappa shape index (κ3) is 5.73. The van der Waals surface area contributed by atoms with Gasteiger partial charge in [-0.2, -0.15) is 5.10 Å². The van der Waals surface area contributed by atoms with Gasteiger partial charge in [0.25, 0.3) is 5.56 Å². The monoisotopic (exact) mass is 485 g/mol. The quantitative estimate of drug-likeness (QED) is 0.510. The number of nitrogens with zero attached hydrogens (tertiary/aromatic N) is 2. The molecule has 0 aliphatic heterocycles. The lowest BCUT2D eigenvalue weighted by molar-refractivity contribution is -0.116. The smallest absolute Gasteiger partial charge is 0.266 e. The third-order valence-electron chi connectivity index (χ3n) is 4.78. The topological polar surface area (TPSA) is 82.5 Å². The average Bonchev–Trinajstić information content (AvgIpc) is 2.76. The first-order chi connectivity index (χ1) is 14.9. The number of aryl methyl sites for hydroxylation is 2. The van der Waals surface area contributed by atoms with Crippen molar-refractivity contribution >= 4 is 27.5 Å². The van der Waals surface area contributed by atoms with Crippen molar-refractivity contribution in [3.63, 3.8) is 0 Å². The van der Waals surface area contributed by atoms with Crippen molar-refractivity contribution in [3.8, 4) is 22.8 Å². The van der Waals surface area contributed by atoms with Gasteiger partial charge in [0.1, 0.15) is 0 Å². The second-order valence-electron chi connectivity index (χ2n) is 6.96. The minimum atomic E-state index is -0.214. The fourth-order valence-electron chi connectivity index (χ4n) is 3.13. The van der Waals surface area contributed by atoms with E-state index in [0.29, 0.717) is 30.2 Å². The van der Waals surface area contributed by atoms with Gasteiger partial charge in [0, 0.05) is 34.8 Å². The molecule has 1 N–H and O–H groups in total. The zero-order valence-corrected chi connectivity index (χ0v) is 19.2. The maximum atomic E-state index is 12.3. The summed E-state index contributed by atoms with van der Waals surface area (Å²) in [6, 6.07) is 14.3. The minimum absolute atomic E-state index is 0.102. The summed E-state index contributed by atoms with van der Waals surface area (Å²) >= 11 is 3.41. The number of aromatic nitrogens is 2. The Morgan fingerprint density at radius 2 is 1.84 bits per heavy atom. The first kappa shape index (κ1) is 22.6. The van der Waals surface area contributed by atoms with Gasteiger partial charge in [-0.3, -0.25) is 9.59 Å². The van der Waals surface area contributed by atoms with Gasteiger partial charge in [-0.15, -0.1) is 0 Å². The highest BCUT2D eigenvalue weighted by Crippen LogP contribution is 2.31. The molecule has 162 valence electrons. The minimum Gasteiger partial charge on any atom is -0.493 e. The SMILES string of the molecule is COc1ccc(-c2ccc(=O)n(CCCC(=O)Nc3ccc(Br)cc3C)n2)cc1OC. The summed E-state index contributed by atoms with van der Waals surface area (Å²) in [5, 5.41) is 7.35. The highest BCUT2D eigenvalue weighted by Gasteiger charge is 2.10. The summed E-state index contributed by atoms with van der Waals surface area (Å²) < 4.78 is 12.9. The first-order valence-corrected chi connectivity index (χ1v) is 10.6. The van der Waals surface area contributed by atoms with Crippen LogP contribution in [0.3, 0.4) is 0 Å². The molecule has 0 atom stereocenters. The molecule has 2 aromatic carbocycles. The first-order valence-electron chi connectivity index (χ1n) is 9.78. The molecule has 0 aliphatic carbocycles. The Morgan fingerprint density at radius 3 is 2.55 bits per heavy atom. The molecule has 31 heavy (non-hydrogen) atoms. The summed E-state index contributed by atoms with van der Waals surface area (Å²) in [6.07, 6.45) is 0.772. The summed E-state index contributed by atoms with van der Waals surface area (Å²) in [7, 11) is 3.14. The number of carbonyl (C=O) groups is 1. The number of methoxy groups -OCH3 is 2. The number of hydrogen-bond donors (Lipinski definition) is 1. The maximum Gasteiger partial charge on any atom is 0.266 e. The zero-order chi connectivity index (χ0) is 22.4. The van der Waals surface area contributed by atoms with Crippen LogP contribution in [0.25, 0.3) is 11.3 Å². The Balaban J connectivity index is 1.66. The van der Waals surface area contributed by atoms with Crippen LogP contribution in [0.2, 0.25) is 0 Å². The molecule has 7 nitrogen and oxygen atoms in total. The van der Waals surface area contributed by atoms with Crippen LogP contribution in [0.1, 0.15) is 18.4 Å². The van der Waals surface area contributed by atoms with E-state index in [1.54, 1.807) is 26.4 Å². The molecule has 0 spiro atoms. The Bertz CT molecular complexity index is 1140. The summed E-state index contributed by atoms with van der Waals surface area (Å²) in [6.45, 7) is 2.27. The van der Waals surface area contributed by atoms with Crippen LogP contribution in [0.5, 0.6) is 11.5 Å². The molecule has 0 unspecified atom stereocenters. The van der Waals surface area contributed by atoms with E-state index in [9.17, 15) is 9.59 Å². The summed E-state index contributed by atoms with van der Waals surface area (Å²) in [5.41, 5.74) is 2.97. The number of rotatable bonds is 8. The van der Waals surface area contributed by atoms with Gasteiger partial charge in [0.15, 0.2) is 11.5 Å². The molecule has 3 aromatic rings. The van der Waals surface area contributed by atoms with E-state index < -0.39 is 0 Å². The number of anilines is 1. The van der Waals surface area contributed by atoms with Gasteiger partial charge in [0.05, 0.1) is 19.9 Å². The van der Waals surface area contributed by atoms with Crippen LogP contribution >= 0.6 is 15.9 Å². The van der Waals surface area contributed by atoms with E-state index in [0.717, 1.165) is 21.3 Å². The average molecular weight is 486 g/mol. The van der Waals surface area contributed by atoms with Crippen molar-refractivity contribution in [2.24, 2.45) is 0 Å². The zero-order valence-electron chi connectivity index (χ0n) is 17.6. The molecule has 0 bridgehead atoms. The summed E-state index contributed by atoms with van der Waals surface area (Å²) in [4.78, 5) is 24.5. The Morgan fingerprint density at radius 1 is 1.06 bits per heavy atom. The van der Waals surface area contributed by atoms with Crippen LogP contribution in [-0.2, 0) is 11.3 Å². The molecular weight excluding hydrogens is 462 g/mol. The van der Waals surface area contributed by atoms with Crippen molar-refractivity contribution in [1.29, 1.82) is 0 Å². The van der Waals surface area contributed by atoms with Crippen LogP contribution in [0.15, 0.2) is 57.8 Å². The molecule has 0 saturated carbocycles. The number of hydrogen-bond acceptors (Lipinski definition) is 5. The number of ether oxygens (including phenoxy) is 2. The van der Waals surface area contributed by atoms with Crippen molar-refractivity contribution in [2.45, 2.75) is 26.3 Å².